The van der Waals surface area contributed by atoms with Gasteiger partial charge in [-0.3, -0.25) is 9.36 Å². The molecule has 0 spiro atoms. The van der Waals surface area contributed by atoms with E-state index in [0.29, 0.717) is 24.1 Å². The van der Waals surface area contributed by atoms with Gasteiger partial charge < -0.3 is 24.9 Å². The Hall–Kier alpha value is -3.45. The number of rotatable bonds is 5. The first kappa shape index (κ1) is 21.8. The fourth-order valence-corrected chi connectivity index (χ4v) is 3.66. The average Bonchev–Trinajstić information content (AvgIpc) is 2.94. The number of aromatic nitrogens is 1. The summed E-state index contributed by atoms with van der Waals surface area (Å²) in [5, 5.41) is 24.8. The van der Waals surface area contributed by atoms with Crippen LogP contribution in [0.1, 0.15) is 5.56 Å². The number of fused-ring (bicyclic) bond motifs is 1. The summed E-state index contributed by atoms with van der Waals surface area (Å²) >= 11 is 0. The summed E-state index contributed by atoms with van der Waals surface area (Å²) in [5.74, 6) is -0.785. The van der Waals surface area contributed by atoms with Gasteiger partial charge in [0.2, 0.25) is 0 Å². The number of hydrogen-bond acceptors (Lipinski definition) is 7. The van der Waals surface area contributed by atoms with E-state index in [1.807, 2.05) is 36.4 Å². The van der Waals surface area contributed by atoms with Gasteiger partial charge in [0.25, 0.3) is 5.91 Å². The lowest BCUT2D eigenvalue weighted by molar-refractivity contribution is -0.133. The second kappa shape index (κ2) is 9.36. The second-order valence-corrected chi connectivity index (χ2v) is 7.83. The first-order valence-corrected chi connectivity index (χ1v) is 10.3. The minimum absolute atomic E-state index is 0.0720. The highest BCUT2D eigenvalue weighted by atomic mass is 16.5. The van der Waals surface area contributed by atoms with Crippen LogP contribution in [0.25, 0.3) is 22.2 Å². The summed E-state index contributed by atoms with van der Waals surface area (Å²) in [7, 11) is 1.66. The fourth-order valence-electron chi connectivity index (χ4n) is 3.66. The number of amides is 1. The van der Waals surface area contributed by atoms with Crippen molar-refractivity contribution in [2.24, 2.45) is 7.05 Å². The lowest BCUT2D eigenvalue weighted by atomic mass is 10.0. The molecular formula is C23H24N4O5. The van der Waals surface area contributed by atoms with Crippen LogP contribution in [0, 0.1) is 11.3 Å². The quantitative estimate of drug-likeness (QED) is 0.537. The average molecular weight is 436 g/mol. The van der Waals surface area contributed by atoms with E-state index in [-0.39, 0.29) is 19.1 Å². The van der Waals surface area contributed by atoms with E-state index in [9.17, 15) is 20.0 Å². The number of ether oxygens (including phenoxy) is 1. The highest BCUT2D eigenvalue weighted by molar-refractivity contribution is 5.82. The number of carbonyl (C=O) groups is 1. The smallest absolute Gasteiger partial charge is 0.408 e. The van der Waals surface area contributed by atoms with Gasteiger partial charge >= 0.3 is 5.76 Å². The van der Waals surface area contributed by atoms with Gasteiger partial charge in [-0.1, -0.05) is 30.3 Å². The number of oxazole rings is 1. The van der Waals surface area contributed by atoms with Gasteiger partial charge in [-0.15, -0.1) is 0 Å². The molecule has 0 bridgehead atoms. The molecule has 0 saturated carbocycles. The van der Waals surface area contributed by atoms with Gasteiger partial charge in [0.05, 0.1) is 24.3 Å². The SMILES string of the molecule is Cn1c(=O)oc2ccc(-c3ccc(C[C@@H](C#N)NC(=O)C4CNC[C@@H](O)CO4)cc3)cc21. The van der Waals surface area contributed by atoms with Gasteiger partial charge in [0.1, 0.15) is 12.1 Å². The van der Waals surface area contributed by atoms with Gasteiger partial charge in [-0.2, -0.15) is 5.26 Å². The number of nitrogens with zero attached hydrogens (tertiary/aromatic N) is 2. The molecule has 166 valence electrons. The number of nitriles is 1. The third-order valence-corrected chi connectivity index (χ3v) is 5.48. The van der Waals surface area contributed by atoms with Crippen molar-refractivity contribution in [1.29, 1.82) is 5.26 Å². The van der Waals surface area contributed by atoms with E-state index >= 15 is 0 Å². The van der Waals surface area contributed by atoms with E-state index in [0.717, 1.165) is 16.7 Å². The molecule has 2 heterocycles. The predicted molar refractivity (Wildman–Crippen MR) is 117 cm³/mol. The van der Waals surface area contributed by atoms with Crippen molar-refractivity contribution in [2.75, 3.05) is 19.7 Å². The maximum atomic E-state index is 12.5. The summed E-state index contributed by atoms with van der Waals surface area (Å²) in [4.78, 5) is 24.1. The van der Waals surface area contributed by atoms with Crippen LogP contribution in [-0.4, -0.2) is 53.5 Å². The molecule has 1 aliphatic rings. The molecule has 32 heavy (non-hydrogen) atoms. The molecule has 1 amide bonds. The first-order chi connectivity index (χ1) is 15.4. The van der Waals surface area contributed by atoms with E-state index in [2.05, 4.69) is 16.7 Å². The van der Waals surface area contributed by atoms with Crippen LogP contribution in [0.3, 0.4) is 0 Å². The van der Waals surface area contributed by atoms with E-state index in [4.69, 9.17) is 9.15 Å². The van der Waals surface area contributed by atoms with Gasteiger partial charge in [0, 0.05) is 26.6 Å². The first-order valence-electron chi connectivity index (χ1n) is 10.3. The number of aliphatic hydroxyl groups excluding tert-OH is 1. The Morgan fingerprint density at radius 1 is 1.28 bits per heavy atom. The van der Waals surface area contributed by atoms with Gasteiger partial charge in [-0.25, -0.2) is 4.79 Å². The van der Waals surface area contributed by atoms with Crippen molar-refractivity contribution in [3.63, 3.8) is 0 Å². The number of carbonyl (C=O) groups excluding carboxylic acids is 1. The largest absolute Gasteiger partial charge is 0.419 e. The van der Waals surface area contributed by atoms with Crippen LogP contribution in [0.2, 0.25) is 0 Å². The zero-order valence-corrected chi connectivity index (χ0v) is 17.6. The number of nitrogens with one attached hydrogen (secondary N) is 2. The Balaban J connectivity index is 1.42. The Morgan fingerprint density at radius 2 is 2.03 bits per heavy atom. The van der Waals surface area contributed by atoms with Crippen molar-refractivity contribution in [3.8, 4) is 17.2 Å². The topological polar surface area (TPSA) is 130 Å². The minimum atomic E-state index is -0.751. The van der Waals surface area contributed by atoms with E-state index in [1.54, 1.807) is 13.1 Å². The molecule has 1 saturated heterocycles. The molecule has 3 aromatic rings. The van der Waals surface area contributed by atoms with E-state index in [1.165, 1.54) is 4.57 Å². The molecule has 0 radical (unpaired) electrons. The Kier molecular flexibility index (Phi) is 6.37. The number of β-amino-alcohol motifs (C(OH)–C–C–N with tert-alkyl or cyclic N) is 1. The number of hydrogen-bond donors (Lipinski definition) is 3. The van der Waals surface area contributed by atoms with Crippen LogP contribution < -0.4 is 16.4 Å². The highest BCUT2D eigenvalue weighted by Crippen LogP contribution is 2.24. The molecular weight excluding hydrogens is 412 g/mol. The molecule has 9 nitrogen and oxygen atoms in total. The van der Waals surface area contributed by atoms with Crippen LogP contribution in [0.15, 0.2) is 51.7 Å². The summed E-state index contributed by atoms with van der Waals surface area (Å²) in [6.45, 7) is 0.715. The molecule has 1 fully saturated rings. The Bertz CT molecular complexity index is 1210. The molecule has 1 unspecified atom stereocenters. The Labute approximate surface area is 184 Å². The monoisotopic (exact) mass is 436 g/mol. The molecule has 0 aliphatic carbocycles. The van der Waals surface area contributed by atoms with Crippen molar-refractivity contribution in [3.05, 3.63) is 58.6 Å². The third-order valence-electron chi connectivity index (χ3n) is 5.48. The third kappa shape index (κ3) is 4.73. The normalized spacial score (nSPS) is 19.8. The molecule has 1 aliphatic heterocycles. The Morgan fingerprint density at radius 3 is 2.78 bits per heavy atom. The van der Waals surface area contributed by atoms with Gasteiger partial charge in [0.15, 0.2) is 5.58 Å². The summed E-state index contributed by atoms with van der Waals surface area (Å²) < 4.78 is 12.0. The lowest BCUT2D eigenvalue weighted by Crippen LogP contribution is -2.46. The number of aryl methyl sites for hydroxylation is 1. The molecule has 1 aromatic heterocycles. The molecule has 9 heteroatoms. The van der Waals surface area contributed by atoms with E-state index < -0.39 is 24.0 Å². The number of benzene rings is 2. The molecule has 2 aromatic carbocycles. The summed E-state index contributed by atoms with van der Waals surface area (Å²) in [6.07, 6.45) is -1.06. The van der Waals surface area contributed by atoms with Crippen LogP contribution in [-0.2, 0) is 23.0 Å². The maximum Gasteiger partial charge on any atom is 0.419 e. The van der Waals surface area contributed by atoms with Crippen molar-refractivity contribution < 1.29 is 19.1 Å². The van der Waals surface area contributed by atoms with Crippen LogP contribution in [0.4, 0.5) is 0 Å². The fraction of sp³-hybridized carbons (Fsp3) is 0.348. The molecule has 4 rings (SSSR count). The number of aliphatic hydroxyl groups is 1. The van der Waals surface area contributed by atoms with Crippen LogP contribution >= 0.6 is 0 Å². The maximum absolute atomic E-state index is 12.5. The van der Waals surface area contributed by atoms with Crippen molar-refractivity contribution in [1.82, 2.24) is 15.2 Å². The minimum Gasteiger partial charge on any atom is -0.408 e. The highest BCUT2D eigenvalue weighted by Gasteiger charge is 2.25. The summed E-state index contributed by atoms with van der Waals surface area (Å²) in [5.41, 5.74) is 4.04. The molecule has 3 N–H and O–H groups in total. The zero-order chi connectivity index (χ0) is 22.7. The lowest BCUT2D eigenvalue weighted by Gasteiger charge is -2.18. The summed E-state index contributed by atoms with van der Waals surface area (Å²) in [6, 6.07) is 14.6. The standard InChI is InChI=1S/C23H24N4O5/c1-27-19-9-16(6-7-20(19)32-23(27)30)15-4-2-14(3-5-15)8-17(10-24)26-22(29)21-12-25-11-18(28)13-31-21/h2-7,9,17-18,21,25,28H,8,11-13H2,1H3,(H,26,29)/t17-,18+,21?/m0/s1. The van der Waals surface area contributed by atoms with Crippen LogP contribution in [0.5, 0.6) is 0 Å². The predicted octanol–water partition coefficient (Wildman–Crippen LogP) is 0.699. The zero-order valence-electron chi connectivity index (χ0n) is 17.6. The second-order valence-electron chi connectivity index (χ2n) is 7.83. The molecule has 3 atom stereocenters. The van der Waals surface area contributed by atoms with Gasteiger partial charge in [-0.05, 0) is 28.8 Å². The van der Waals surface area contributed by atoms with Crippen molar-refractivity contribution in [2.45, 2.75) is 24.7 Å². The van der Waals surface area contributed by atoms with Crippen molar-refractivity contribution >= 4 is 17.0 Å².